The van der Waals surface area contributed by atoms with Crippen molar-refractivity contribution in [1.29, 1.82) is 0 Å². The van der Waals surface area contributed by atoms with E-state index in [-0.39, 0.29) is 16.9 Å². The zero-order chi connectivity index (χ0) is 19.7. The summed E-state index contributed by atoms with van der Waals surface area (Å²) in [6, 6.07) is 5.19. The number of aromatic hydroxyl groups is 1. The normalized spacial score (nSPS) is 13.8. The zero-order valence-electron chi connectivity index (χ0n) is 17.1. The van der Waals surface area contributed by atoms with E-state index in [1.807, 2.05) is 19.1 Å². The first kappa shape index (κ1) is 22.0. The largest absolute Gasteiger partial charge is 0.507 e. The quantitative estimate of drug-likeness (QED) is 0.365. The summed E-state index contributed by atoms with van der Waals surface area (Å²) in [7, 11) is 0. The minimum atomic E-state index is -0.275. The Morgan fingerprint density at radius 3 is 2.46 bits per heavy atom. The van der Waals surface area contributed by atoms with E-state index >= 15 is 0 Å². The molecule has 26 heavy (non-hydrogen) atoms. The van der Waals surface area contributed by atoms with E-state index < -0.39 is 0 Å². The molecule has 142 valence electrons. The van der Waals surface area contributed by atoms with Crippen molar-refractivity contribution in [2.45, 2.75) is 66.7 Å². The Balaban J connectivity index is 2.69. The number of hydrogen-bond acceptors (Lipinski definition) is 2. The van der Waals surface area contributed by atoms with Crippen molar-refractivity contribution >= 4 is 5.78 Å². The molecule has 2 nitrogen and oxygen atoms in total. The van der Waals surface area contributed by atoms with E-state index in [1.54, 1.807) is 12.1 Å². The van der Waals surface area contributed by atoms with Gasteiger partial charge < -0.3 is 5.11 Å². The van der Waals surface area contributed by atoms with Gasteiger partial charge >= 0.3 is 0 Å². The van der Waals surface area contributed by atoms with Crippen LogP contribution in [0.4, 0.5) is 0 Å². The van der Waals surface area contributed by atoms with Crippen LogP contribution in [-0.4, -0.2) is 10.9 Å². The van der Waals surface area contributed by atoms with Crippen LogP contribution >= 0.6 is 0 Å². The van der Waals surface area contributed by atoms with Crippen LogP contribution in [0, 0.1) is 12.3 Å². The Hall–Kier alpha value is -2.09. The molecule has 0 bridgehead atoms. The van der Waals surface area contributed by atoms with E-state index in [9.17, 15) is 9.90 Å². The maximum absolute atomic E-state index is 12.7. The summed E-state index contributed by atoms with van der Waals surface area (Å²) in [5.41, 5.74) is 3.72. The van der Waals surface area contributed by atoms with Crippen LogP contribution in [0.2, 0.25) is 0 Å². The van der Waals surface area contributed by atoms with Gasteiger partial charge in [0.15, 0.2) is 5.78 Å². The molecule has 0 aliphatic carbocycles. The average Bonchev–Trinajstić information content (AvgIpc) is 2.54. The number of aryl methyl sites for hydroxylation is 1. The average molecular weight is 355 g/mol. The van der Waals surface area contributed by atoms with Crippen molar-refractivity contribution in [3.05, 3.63) is 65.3 Å². The van der Waals surface area contributed by atoms with Gasteiger partial charge in [-0.1, -0.05) is 48.4 Å². The highest BCUT2D eigenvalue weighted by Crippen LogP contribution is 2.33. The first-order chi connectivity index (χ1) is 12.2. The fraction of sp³-hybridized carbons (Fsp3) is 0.458. The molecule has 2 heteroatoms. The van der Waals surface area contributed by atoms with E-state index in [4.69, 9.17) is 0 Å². The van der Waals surface area contributed by atoms with Gasteiger partial charge in [0.1, 0.15) is 5.75 Å². The summed E-state index contributed by atoms with van der Waals surface area (Å²) in [5.74, 6) is 0.0451. The topological polar surface area (TPSA) is 37.3 Å². The molecule has 0 amide bonds. The molecule has 0 saturated carbocycles. The molecule has 0 aliphatic rings. The smallest absolute Gasteiger partial charge is 0.167 e. The summed E-state index contributed by atoms with van der Waals surface area (Å²) in [6.45, 7) is 14.3. The van der Waals surface area contributed by atoms with Crippen LogP contribution in [0.3, 0.4) is 0 Å². The second kappa shape index (κ2) is 10.2. The van der Waals surface area contributed by atoms with Gasteiger partial charge in [-0.25, -0.2) is 0 Å². The molecule has 0 spiro atoms. The van der Waals surface area contributed by atoms with Gasteiger partial charge in [-0.15, -0.1) is 6.58 Å². The Morgan fingerprint density at radius 1 is 1.19 bits per heavy atom. The Bertz CT molecular complexity index is 670. The highest BCUT2D eigenvalue weighted by atomic mass is 16.3. The molecule has 1 N–H and O–H groups in total. The molecule has 1 rings (SSSR count). The lowest BCUT2D eigenvalue weighted by Gasteiger charge is -2.25. The number of benzene rings is 1. The third kappa shape index (κ3) is 7.03. The lowest BCUT2D eigenvalue weighted by atomic mass is 9.79. The molecule has 0 fully saturated rings. The van der Waals surface area contributed by atoms with Crippen molar-refractivity contribution < 1.29 is 9.90 Å². The van der Waals surface area contributed by atoms with Crippen LogP contribution < -0.4 is 0 Å². The fourth-order valence-corrected chi connectivity index (χ4v) is 3.07. The second-order valence-corrected chi connectivity index (χ2v) is 7.84. The third-order valence-corrected chi connectivity index (χ3v) is 4.89. The number of hydrogen-bond donors (Lipinski definition) is 1. The minimum absolute atomic E-state index is 0.0211. The van der Waals surface area contributed by atoms with Gasteiger partial charge in [-0.2, -0.15) is 0 Å². The summed E-state index contributed by atoms with van der Waals surface area (Å²) < 4.78 is 0. The van der Waals surface area contributed by atoms with Crippen LogP contribution in [0.15, 0.2) is 54.2 Å². The third-order valence-electron chi connectivity index (χ3n) is 4.89. The number of carbonyl (C=O) groups is 1. The van der Waals surface area contributed by atoms with Crippen molar-refractivity contribution in [3.63, 3.8) is 0 Å². The molecule has 0 aromatic heterocycles. The summed E-state index contributed by atoms with van der Waals surface area (Å²) >= 11 is 0. The molecule has 0 aliphatic heterocycles. The Morgan fingerprint density at radius 2 is 1.88 bits per heavy atom. The predicted octanol–water partition coefficient (Wildman–Crippen LogP) is 6.94. The SMILES string of the molecule is C=C[C@](C)(CC/C=C(\C)CCC=C(C)C)CC(=O)c1c(C)cccc1O. The highest BCUT2D eigenvalue weighted by molar-refractivity contribution is 6.00. The predicted molar refractivity (Wildman–Crippen MR) is 112 cm³/mol. The van der Waals surface area contributed by atoms with E-state index in [0.717, 1.165) is 31.2 Å². The highest BCUT2D eigenvalue weighted by Gasteiger charge is 2.26. The number of allylic oxidation sites excluding steroid dienone is 5. The van der Waals surface area contributed by atoms with Gasteiger partial charge in [0.05, 0.1) is 5.56 Å². The summed E-state index contributed by atoms with van der Waals surface area (Å²) in [5, 5.41) is 10.0. The van der Waals surface area contributed by atoms with Gasteiger partial charge in [0.25, 0.3) is 0 Å². The standard InChI is InChI=1S/C24H34O2/c1-7-24(6,16-10-13-19(4)12-8-11-18(2)3)17-22(26)23-20(5)14-9-15-21(23)25/h7,9,11,13-15,25H,1,8,10,12,16-17H2,2-6H3/b19-13+/t24-/m1/s1. The van der Waals surface area contributed by atoms with Gasteiger partial charge in [0.2, 0.25) is 0 Å². The van der Waals surface area contributed by atoms with Gasteiger partial charge in [-0.3, -0.25) is 4.79 Å². The second-order valence-electron chi connectivity index (χ2n) is 7.84. The van der Waals surface area contributed by atoms with Crippen LogP contribution in [0.1, 0.15) is 75.7 Å². The number of Topliss-reactive ketones (excluding diaryl/α,β-unsaturated/α-hetero) is 1. The Kier molecular flexibility index (Phi) is 8.57. The number of phenols is 1. The first-order valence-electron chi connectivity index (χ1n) is 9.43. The number of carbonyl (C=O) groups excluding carboxylic acids is 1. The molecule has 0 radical (unpaired) electrons. The molecule has 0 unspecified atom stereocenters. The lowest BCUT2D eigenvalue weighted by molar-refractivity contribution is 0.0937. The monoisotopic (exact) mass is 354 g/mol. The number of ketones is 1. The zero-order valence-corrected chi connectivity index (χ0v) is 17.1. The maximum atomic E-state index is 12.7. The van der Waals surface area contributed by atoms with E-state index in [2.05, 4.69) is 46.4 Å². The van der Waals surface area contributed by atoms with Crippen molar-refractivity contribution in [2.75, 3.05) is 0 Å². The Labute approximate surface area is 159 Å². The van der Waals surface area contributed by atoms with E-state index in [1.165, 1.54) is 11.1 Å². The van der Waals surface area contributed by atoms with Crippen molar-refractivity contribution in [2.24, 2.45) is 5.41 Å². The number of rotatable bonds is 10. The van der Waals surface area contributed by atoms with Crippen LogP contribution in [-0.2, 0) is 0 Å². The molecular weight excluding hydrogens is 320 g/mol. The van der Waals surface area contributed by atoms with E-state index in [0.29, 0.717) is 12.0 Å². The van der Waals surface area contributed by atoms with Crippen molar-refractivity contribution in [3.8, 4) is 5.75 Å². The number of phenolic OH excluding ortho intramolecular Hbond substituents is 1. The molecule has 0 heterocycles. The molecule has 0 saturated heterocycles. The van der Waals surface area contributed by atoms with Crippen molar-refractivity contribution in [1.82, 2.24) is 0 Å². The van der Waals surface area contributed by atoms with Gasteiger partial charge in [0, 0.05) is 6.42 Å². The molecule has 1 aromatic rings. The molecule has 1 atom stereocenters. The summed E-state index contributed by atoms with van der Waals surface area (Å²) in [4.78, 5) is 12.7. The van der Waals surface area contributed by atoms with Crippen LogP contribution in [0.25, 0.3) is 0 Å². The van der Waals surface area contributed by atoms with Crippen LogP contribution in [0.5, 0.6) is 5.75 Å². The van der Waals surface area contributed by atoms with Gasteiger partial charge in [-0.05, 0) is 70.4 Å². The maximum Gasteiger partial charge on any atom is 0.167 e. The minimum Gasteiger partial charge on any atom is -0.507 e. The summed E-state index contributed by atoms with van der Waals surface area (Å²) in [6.07, 6.45) is 10.7. The fourth-order valence-electron chi connectivity index (χ4n) is 3.07. The lowest BCUT2D eigenvalue weighted by Crippen LogP contribution is -2.19. The first-order valence-corrected chi connectivity index (χ1v) is 9.43. The molecule has 1 aromatic carbocycles. The molecular formula is C24H34O2.